The molecule has 2 aromatic heterocycles. The molecule has 1 unspecified atom stereocenters. The van der Waals surface area contributed by atoms with Gasteiger partial charge in [0.2, 0.25) is 5.95 Å². The Hall–Kier alpha value is -4.43. The standard InChI is InChI=1S/C25H27N9O2/c1-17-16-32(2)10-11-33(17)20-8-6-19(7-9-20)28-24-27-15-18(14-26)23(31-24)30-21-4-3-5-22(29-21)34-12-13-36-25(34)35/h3-9,15,17H,10-13,16H2,1-2H3,(H2,27,28,29,30,31). The average molecular weight is 486 g/mol. The molecular weight excluding hydrogens is 458 g/mol. The summed E-state index contributed by atoms with van der Waals surface area (Å²) in [7, 11) is 2.15. The fourth-order valence-electron chi connectivity index (χ4n) is 4.37. The van der Waals surface area contributed by atoms with E-state index >= 15 is 0 Å². The number of cyclic esters (lactones) is 1. The highest BCUT2D eigenvalue weighted by Crippen LogP contribution is 2.25. The lowest BCUT2D eigenvalue weighted by atomic mass is 10.1. The van der Waals surface area contributed by atoms with Crippen molar-refractivity contribution in [1.82, 2.24) is 19.9 Å². The van der Waals surface area contributed by atoms with Crippen molar-refractivity contribution in [1.29, 1.82) is 5.26 Å². The van der Waals surface area contributed by atoms with Crippen LogP contribution in [-0.2, 0) is 4.74 Å². The highest BCUT2D eigenvalue weighted by Gasteiger charge is 2.25. The number of likely N-dealkylation sites (N-methyl/N-ethyl adjacent to an activating group) is 1. The van der Waals surface area contributed by atoms with Crippen LogP contribution < -0.4 is 20.4 Å². The van der Waals surface area contributed by atoms with Gasteiger partial charge < -0.3 is 25.2 Å². The number of hydrogen-bond acceptors (Lipinski definition) is 10. The lowest BCUT2D eigenvalue weighted by Gasteiger charge is -2.39. The fraction of sp³-hybridized carbons (Fsp3) is 0.320. The van der Waals surface area contributed by atoms with Crippen LogP contribution in [-0.4, -0.2) is 71.8 Å². The second kappa shape index (κ2) is 10.1. The second-order valence-electron chi connectivity index (χ2n) is 8.82. The van der Waals surface area contributed by atoms with Crippen molar-refractivity contribution >= 4 is 40.9 Å². The van der Waals surface area contributed by atoms with Crippen LogP contribution in [0.1, 0.15) is 12.5 Å². The lowest BCUT2D eigenvalue weighted by Crippen LogP contribution is -2.50. The monoisotopic (exact) mass is 485 g/mol. The van der Waals surface area contributed by atoms with Crippen LogP contribution in [0, 0.1) is 11.3 Å². The van der Waals surface area contributed by atoms with Gasteiger partial charge in [0.25, 0.3) is 0 Å². The van der Waals surface area contributed by atoms with Gasteiger partial charge in [0.05, 0.1) is 12.7 Å². The number of nitrogens with zero attached hydrogens (tertiary/aromatic N) is 7. The number of piperazine rings is 1. The van der Waals surface area contributed by atoms with E-state index in [1.54, 1.807) is 18.2 Å². The maximum atomic E-state index is 11.9. The molecule has 1 amide bonds. The Morgan fingerprint density at radius 3 is 2.64 bits per heavy atom. The van der Waals surface area contributed by atoms with Gasteiger partial charge in [-0.1, -0.05) is 6.07 Å². The summed E-state index contributed by atoms with van der Waals surface area (Å²) in [5.41, 5.74) is 2.29. The van der Waals surface area contributed by atoms with Crippen molar-refractivity contribution in [2.75, 3.05) is 60.3 Å². The number of pyridine rings is 1. The molecule has 0 spiro atoms. The number of ether oxygens (including phenoxy) is 1. The second-order valence-corrected chi connectivity index (χ2v) is 8.82. The molecule has 0 radical (unpaired) electrons. The Morgan fingerprint density at radius 1 is 1.08 bits per heavy atom. The molecule has 11 heteroatoms. The number of amides is 1. The molecule has 1 aromatic carbocycles. The zero-order valence-corrected chi connectivity index (χ0v) is 20.2. The number of rotatable bonds is 6. The summed E-state index contributed by atoms with van der Waals surface area (Å²) in [6.07, 6.45) is 1.03. The first kappa shape index (κ1) is 23.3. The van der Waals surface area contributed by atoms with Crippen molar-refractivity contribution in [3.63, 3.8) is 0 Å². The fourth-order valence-corrected chi connectivity index (χ4v) is 4.37. The van der Waals surface area contributed by atoms with E-state index in [-0.39, 0.29) is 5.56 Å². The quantitative estimate of drug-likeness (QED) is 0.537. The minimum atomic E-state index is -0.431. The van der Waals surface area contributed by atoms with Gasteiger partial charge in [-0.2, -0.15) is 10.2 Å². The van der Waals surface area contributed by atoms with E-state index in [9.17, 15) is 10.1 Å². The maximum Gasteiger partial charge on any atom is 0.415 e. The summed E-state index contributed by atoms with van der Waals surface area (Å²) in [6.45, 7) is 6.07. The van der Waals surface area contributed by atoms with Crippen LogP contribution in [0.2, 0.25) is 0 Å². The van der Waals surface area contributed by atoms with E-state index in [2.05, 4.69) is 67.6 Å². The van der Waals surface area contributed by atoms with Gasteiger partial charge in [0.15, 0.2) is 5.82 Å². The summed E-state index contributed by atoms with van der Waals surface area (Å²) >= 11 is 0. The number of anilines is 6. The molecule has 5 rings (SSSR count). The van der Waals surface area contributed by atoms with Crippen LogP contribution >= 0.6 is 0 Å². The molecule has 4 heterocycles. The zero-order chi connectivity index (χ0) is 25.1. The first-order valence-corrected chi connectivity index (χ1v) is 11.8. The van der Waals surface area contributed by atoms with Gasteiger partial charge in [-0.05, 0) is 50.4 Å². The number of hydrogen-bond donors (Lipinski definition) is 2. The van der Waals surface area contributed by atoms with Crippen LogP contribution in [0.5, 0.6) is 0 Å². The van der Waals surface area contributed by atoms with Crippen molar-refractivity contribution in [3.8, 4) is 6.07 Å². The highest BCUT2D eigenvalue weighted by molar-refractivity contribution is 5.88. The number of nitrogens with one attached hydrogen (secondary N) is 2. The first-order chi connectivity index (χ1) is 17.5. The number of carbonyl (C=O) groups is 1. The van der Waals surface area contributed by atoms with Crippen LogP contribution in [0.15, 0.2) is 48.7 Å². The summed E-state index contributed by atoms with van der Waals surface area (Å²) in [6, 6.07) is 15.9. The Kier molecular flexibility index (Phi) is 6.51. The van der Waals surface area contributed by atoms with E-state index < -0.39 is 6.09 Å². The Balaban J connectivity index is 1.31. The molecule has 1 atom stereocenters. The minimum absolute atomic E-state index is 0.271. The normalized spacial score (nSPS) is 18.0. The number of carbonyl (C=O) groups excluding carboxylic acids is 1. The smallest absolute Gasteiger partial charge is 0.415 e. The van der Waals surface area contributed by atoms with E-state index in [4.69, 9.17) is 4.74 Å². The van der Waals surface area contributed by atoms with Crippen LogP contribution in [0.25, 0.3) is 0 Å². The molecule has 3 aromatic rings. The van der Waals surface area contributed by atoms with E-state index in [1.165, 1.54) is 16.8 Å². The third-order valence-electron chi connectivity index (χ3n) is 6.21. The summed E-state index contributed by atoms with van der Waals surface area (Å²) < 4.78 is 4.99. The highest BCUT2D eigenvalue weighted by atomic mass is 16.6. The summed E-state index contributed by atoms with van der Waals surface area (Å²) in [5, 5.41) is 15.8. The molecule has 0 saturated carbocycles. The van der Waals surface area contributed by atoms with E-state index in [0.717, 1.165) is 25.3 Å². The van der Waals surface area contributed by atoms with E-state index in [0.29, 0.717) is 42.6 Å². The summed E-state index contributed by atoms with van der Waals surface area (Å²) in [5.74, 6) is 1.56. The molecule has 2 aliphatic heterocycles. The summed E-state index contributed by atoms with van der Waals surface area (Å²) in [4.78, 5) is 31.3. The molecule has 2 fully saturated rings. The van der Waals surface area contributed by atoms with Gasteiger partial charge in [-0.3, -0.25) is 4.90 Å². The Bertz CT molecular complexity index is 1290. The molecular formula is C25H27N9O2. The van der Waals surface area contributed by atoms with Gasteiger partial charge in [-0.15, -0.1) is 0 Å². The molecule has 0 aliphatic carbocycles. The Labute approximate surface area is 209 Å². The van der Waals surface area contributed by atoms with Gasteiger partial charge in [0.1, 0.15) is 29.9 Å². The molecule has 2 N–H and O–H groups in total. The van der Waals surface area contributed by atoms with Crippen molar-refractivity contribution in [2.24, 2.45) is 0 Å². The van der Waals surface area contributed by atoms with Crippen molar-refractivity contribution in [2.45, 2.75) is 13.0 Å². The van der Waals surface area contributed by atoms with Crippen molar-refractivity contribution in [3.05, 3.63) is 54.2 Å². The predicted molar refractivity (Wildman–Crippen MR) is 137 cm³/mol. The average Bonchev–Trinajstić information content (AvgIpc) is 3.31. The minimum Gasteiger partial charge on any atom is -0.447 e. The third-order valence-corrected chi connectivity index (χ3v) is 6.21. The molecule has 0 bridgehead atoms. The van der Waals surface area contributed by atoms with Gasteiger partial charge >= 0.3 is 6.09 Å². The largest absolute Gasteiger partial charge is 0.447 e. The Morgan fingerprint density at radius 2 is 1.92 bits per heavy atom. The zero-order valence-electron chi connectivity index (χ0n) is 20.2. The number of benzene rings is 1. The number of aromatic nitrogens is 3. The lowest BCUT2D eigenvalue weighted by molar-refractivity contribution is 0.181. The van der Waals surface area contributed by atoms with E-state index in [1.807, 2.05) is 12.1 Å². The van der Waals surface area contributed by atoms with Gasteiger partial charge in [0, 0.05) is 37.1 Å². The predicted octanol–water partition coefficient (Wildman–Crippen LogP) is 3.33. The van der Waals surface area contributed by atoms with Crippen LogP contribution in [0.3, 0.4) is 0 Å². The van der Waals surface area contributed by atoms with Gasteiger partial charge in [-0.25, -0.2) is 14.8 Å². The SMILES string of the molecule is CC1CN(C)CCN1c1ccc(Nc2ncc(C#N)c(Nc3cccc(N4CCOC4=O)n3)n2)cc1. The molecule has 36 heavy (non-hydrogen) atoms. The molecule has 2 aliphatic rings. The number of nitriles is 1. The maximum absolute atomic E-state index is 11.9. The van der Waals surface area contributed by atoms with Crippen molar-refractivity contribution < 1.29 is 9.53 Å². The molecule has 11 nitrogen and oxygen atoms in total. The molecule has 184 valence electrons. The topological polar surface area (TPSA) is 123 Å². The third kappa shape index (κ3) is 4.99. The first-order valence-electron chi connectivity index (χ1n) is 11.8. The van der Waals surface area contributed by atoms with Crippen LogP contribution in [0.4, 0.5) is 39.6 Å². The molecule has 2 saturated heterocycles.